The normalized spacial score (nSPS) is 11.1. The molecule has 3 aromatic rings. The molecule has 0 atom stereocenters. The summed E-state index contributed by atoms with van der Waals surface area (Å²) in [5.74, 6) is 0.998. The molecule has 0 aliphatic carbocycles. The van der Waals surface area contributed by atoms with Gasteiger partial charge in [0.1, 0.15) is 5.82 Å². The van der Waals surface area contributed by atoms with Crippen LogP contribution < -0.4 is 0 Å². The van der Waals surface area contributed by atoms with Crippen molar-refractivity contribution in [3.05, 3.63) is 64.0 Å². The standard InChI is InChI=1S/C15H14BrN3/c1-11-4-2-5-12(10-11)7-8-14-17-18-15-13(16)6-3-9-19(14)15/h2-6,9-10H,7-8H2,1H3. The minimum atomic E-state index is 0.877. The van der Waals surface area contributed by atoms with Crippen molar-refractivity contribution in [2.24, 2.45) is 0 Å². The molecule has 1 aromatic carbocycles. The van der Waals surface area contributed by atoms with Crippen LogP contribution in [0.5, 0.6) is 0 Å². The van der Waals surface area contributed by atoms with Gasteiger partial charge in [0, 0.05) is 12.6 Å². The molecule has 0 radical (unpaired) electrons. The molecule has 0 fully saturated rings. The summed E-state index contributed by atoms with van der Waals surface area (Å²) in [5, 5.41) is 8.49. The van der Waals surface area contributed by atoms with Crippen LogP contribution in [0.1, 0.15) is 17.0 Å². The third kappa shape index (κ3) is 2.54. The van der Waals surface area contributed by atoms with Crippen LogP contribution in [0.15, 0.2) is 47.1 Å². The number of fused-ring (bicyclic) bond motifs is 1. The SMILES string of the molecule is Cc1cccc(CCc2nnc3c(Br)cccn23)c1. The van der Waals surface area contributed by atoms with E-state index in [2.05, 4.69) is 57.3 Å². The maximum absolute atomic E-state index is 4.28. The summed E-state index contributed by atoms with van der Waals surface area (Å²) in [5.41, 5.74) is 3.51. The number of benzene rings is 1. The second-order valence-corrected chi connectivity index (χ2v) is 5.51. The molecule has 96 valence electrons. The van der Waals surface area contributed by atoms with Gasteiger partial charge in [-0.25, -0.2) is 0 Å². The Bertz CT molecular complexity index is 718. The molecule has 0 N–H and O–H groups in total. The fourth-order valence-corrected chi connectivity index (χ4v) is 2.65. The van der Waals surface area contributed by atoms with Crippen LogP contribution in [0.2, 0.25) is 0 Å². The lowest BCUT2D eigenvalue weighted by Crippen LogP contribution is -1.98. The van der Waals surface area contributed by atoms with E-state index >= 15 is 0 Å². The first kappa shape index (κ1) is 12.4. The van der Waals surface area contributed by atoms with Crippen LogP contribution in [0.25, 0.3) is 5.65 Å². The fourth-order valence-electron chi connectivity index (χ4n) is 2.23. The van der Waals surface area contributed by atoms with Crippen molar-refractivity contribution in [3.8, 4) is 0 Å². The highest BCUT2D eigenvalue weighted by Crippen LogP contribution is 2.17. The van der Waals surface area contributed by atoms with Gasteiger partial charge in [0.05, 0.1) is 4.47 Å². The van der Waals surface area contributed by atoms with Gasteiger partial charge >= 0.3 is 0 Å². The molecule has 0 aliphatic heterocycles. The lowest BCUT2D eigenvalue weighted by Gasteiger charge is -2.02. The quantitative estimate of drug-likeness (QED) is 0.739. The number of aryl methyl sites for hydroxylation is 3. The zero-order valence-electron chi connectivity index (χ0n) is 10.7. The van der Waals surface area contributed by atoms with Crippen molar-refractivity contribution in [3.63, 3.8) is 0 Å². The number of halogens is 1. The second-order valence-electron chi connectivity index (χ2n) is 4.66. The van der Waals surface area contributed by atoms with Gasteiger partial charge in [0.2, 0.25) is 0 Å². The first-order chi connectivity index (χ1) is 9.24. The predicted octanol–water partition coefficient (Wildman–Crippen LogP) is 3.59. The maximum Gasteiger partial charge on any atom is 0.175 e. The van der Waals surface area contributed by atoms with E-state index < -0.39 is 0 Å². The van der Waals surface area contributed by atoms with E-state index in [4.69, 9.17) is 0 Å². The van der Waals surface area contributed by atoms with Crippen molar-refractivity contribution >= 4 is 21.6 Å². The van der Waals surface area contributed by atoms with Crippen LogP contribution >= 0.6 is 15.9 Å². The molecular weight excluding hydrogens is 302 g/mol. The predicted molar refractivity (Wildman–Crippen MR) is 79.3 cm³/mol. The van der Waals surface area contributed by atoms with Gasteiger partial charge in [0.25, 0.3) is 0 Å². The number of hydrogen-bond acceptors (Lipinski definition) is 2. The zero-order chi connectivity index (χ0) is 13.2. The van der Waals surface area contributed by atoms with E-state index in [1.165, 1.54) is 11.1 Å². The average Bonchev–Trinajstić information content (AvgIpc) is 2.81. The Labute approximate surface area is 120 Å². The summed E-state index contributed by atoms with van der Waals surface area (Å²) in [7, 11) is 0. The van der Waals surface area contributed by atoms with Gasteiger partial charge in [-0.3, -0.25) is 4.40 Å². The summed E-state index contributed by atoms with van der Waals surface area (Å²) in [6.07, 6.45) is 3.88. The Morgan fingerprint density at radius 2 is 2.00 bits per heavy atom. The molecule has 0 saturated heterocycles. The summed E-state index contributed by atoms with van der Waals surface area (Å²) in [6.45, 7) is 2.12. The van der Waals surface area contributed by atoms with Crippen molar-refractivity contribution in [2.75, 3.05) is 0 Å². The Kier molecular flexibility index (Phi) is 3.34. The average molecular weight is 316 g/mol. The molecule has 19 heavy (non-hydrogen) atoms. The topological polar surface area (TPSA) is 30.2 Å². The molecule has 3 nitrogen and oxygen atoms in total. The maximum atomic E-state index is 4.28. The Morgan fingerprint density at radius 3 is 2.84 bits per heavy atom. The van der Waals surface area contributed by atoms with Crippen LogP contribution in [0.3, 0.4) is 0 Å². The number of rotatable bonds is 3. The minimum Gasteiger partial charge on any atom is -0.285 e. The largest absolute Gasteiger partial charge is 0.285 e. The van der Waals surface area contributed by atoms with Gasteiger partial charge in [-0.15, -0.1) is 10.2 Å². The van der Waals surface area contributed by atoms with Crippen molar-refractivity contribution in [2.45, 2.75) is 19.8 Å². The summed E-state index contributed by atoms with van der Waals surface area (Å²) < 4.78 is 3.02. The number of pyridine rings is 1. The van der Waals surface area contributed by atoms with Crippen LogP contribution in [0.4, 0.5) is 0 Å². The molecular formula is C15H14BrN3. The van der Waals surface area contributed by atoms with Gasteiger partial charge in [-0.2, -0.15) is 0 Å². The Hall–Kier alpha value is -1.68. The second kappa shape index (κ2) is 5.13. The molecule has 0 unspecified atom stereocenters. The monoisotopic (exact) mass is 315 g/mol. The Morgan fingerprint density at radius 1 is 1.11 bits per heavy atom. The molecule has 3 rings (SSSR count). The zero-order valence-corrected chi connectivity index (χ0v) is 12.3. The van der Waals surface area contributed by atoms with Crippen LogP contribution in [0, 0.1) is 6.92 Å². The molecule has 0 spiro atoms. The van der Waals surface area contributed by atoms with Crippen LogP contribution in [-0.4, -0.2) is 14.6 Å². The highest BCUT2D eigenvalue weighted by molar-refractivity contribution is 9.10. The van der Waals surface area contributed by atoms with E-state index in [1.54, 1.807) is 0 Å². The van der Waals surface area contributed by atoms with E-state index in [-0.39, 0.29) is 0 Å². The summed E-state index contributed by atoms with van der Waals surface area (Å²) in [6, 6.07) is 12.6. The highest BCUT2D eigenvalue weighted by Gasteiger charge is 2.07. The summed E-state index contributed by atoms with van der Waals surface area (Å²) in [4.78, 5) is 0. The first-order valence-electron chi connectivity index (χ1n) is 6.28. The lowest BCUT2D eigenvalue weighted by atomic mass is 10.1. The number of aromatic nitrogens is 3. The van der Waals surface area contributed by atoms with Gasteiger partial charge in [-0.05, 0) is 47.0 Å². The summed E-state index contributed by atoms with van der Waals surface area (Å²) >= 11 is 3.49. The molecule has 0 aliphatic rings. The van der Waals surface area contributed by atoms with Crippen molar-refractivity contribution in [1.82, 2.24) is 14.6 Å². The molecule has 2 aromatic heterocycles. The van der Waals surface area contributed by atoms with Crippen molar-refractivity contribution in [1.29, 1.82) is 0 Å². The number of hydrogen-bond donors (Lipinski definition) is 0. The highest BCUT2D eigenvalue weighted by atomic mass is 79.9. The lowest BCUT2D eigenvalue weighted by molar-refractivity contribution is 0.838. The molecule has 0 bridgehead atoms. The minimum absolute atomic E-state index is 0.877. The fraction of sp³-hybridized carbons (Fsp3) is 0.200. The molecule has 2 heterocycles. The van der Waals surface area contributed by atoms with Gasteiger partial charge in [0.15, 0.2) is 5.65 Å². The molecule has 0 saturated carbocycles. The van der Waals surface area contributed by atoms with E-state index in [0.29, 0.717) is 0 Å². The molecule has 4 heteroatoms. The Balaban J connectivity index is 1.84. The smallest absolute Gasteiger partial charge is 0.175 e. The van der Waals surface area contributed by atoms with E-state index in [9.17, 15) is 0 Å². The van der Waals surface area contributed by atoms with Crippen molar-refractivity contribution < 1.29 is 0 Å². The number of nitrogens with zero attached hydrogens (tertiary/aromatic N) is 3. The first-order valence-corrected chi connectivity index (χ1v) is 7.07. The molecule has 0 amide bonds. The van der Waals surface area contributed by atoms with Gasteiger partial charge < -0.3 is 0 Å². The third-order valence-corrected chi connectivity index (χ3v) is 3.80. The van der Waals surface area contributed by atoms with Gasteiger partial charge in [-0.1, -0.05) is 29.8 Å². The van der Waals surface area contributed by atoms with Crippen LogP contribution in [-0.2, 0) is 12.8 Å². The van der Waals surface area contributed by atoms with E-state index in [0.717, 1.165) is 28.8 Å². The van der Waals surface area contributed by atoms with E-state index in [1.807, 2.05) is 22.7 Å². The third-order valence-electron chi connectivity index (χ3n) is 3.18.